The Morgan fingerprint density at radius 3 is 2.74 bits per heavy atom. The summed E-state index contributed by atoms with van der Waals surface area (Å²) < 4.78 is 25.1. The fraction of sp³-hybridized carbons (Fsp3) is 0.417. The fourth-order valence-corrected chi connectivity index (χ4v) is 3.10. The van der Waals surface area contributed by atoms with Gasteiger partial charge in [-0.25, -0.2) is 4.39 Å². The molecule has 0 aliphatic carbocycles. The van der Waals surface area contributed by atoms with E-state index in [1.165, 1.54) is 6.07 Å². The van der Waals surface area contributed by atoms with Crippen LogP contribution in [-0.2, 0) is 17.3 Å². The molecule has 0 atom stereocenters. The fourth-order valence-electron chi connectivity index (χ4n) is 1.97. The van der Waals surface area contributed by atoms with Crippen molar-refractivity contribution in [3.05, 3.63) is 35.1 Å². The van der Waals surface area contributed by atoms with E-state index in [0.29, 0.717) is 42.3 Å². The van der Waals surface area contributed by atoms with Crippen LogP contribution in [0.15, 0.2) is 23.4 Å². The van der Waals surface area contributed by atoms with Gasteiger partial charge >= 0.3 is 0 Å². The van der Waals surface area contributed by atoms with E-state index < -0.39 is 10.8 Å². The largest absolute Gasteiger partial charge is 0.409 e. The van der Waals surface area contributed by atoms with Crippen LogP contribution in [0.1, 0.15) is 11.1 Å². The summed E-state index contributed by atoms with van der Waals surface area (Å²) in [6.07, 6.45) is 0. The molecule has 19 heavy (non-hydrogen) atoms. The van der Waals surface area contributed by atoms with Crippen LogP contribution in [0.3, 0.4) is 0 Å². The number of oxime groups is 1. The quantitative estimate of drug-likeness (QED) is 0.366. The van der Waals surface area contributed by atoms with E-state index in [1.54, 1.807) is 12.1 Å². The Bertz CT molecular complexity index is 512. The summed E-state index contributed by atoms with van der Waals surface area (Å²) in [5.74, 6) is 0.794. The van der Waals surface area contributed by atoms with Crippen LogP contribution in [-0.4, -0.2) is 44.7 Å². The molecule has 1 aromatic rings. The molecule has 0 spiro atoms. The lowest BCUT2D eigenvalue weighted by atomic mass is 10.1. The van der Waals surface area contributed by atoms with Crippen molar-refractivity contribution in [1.82, 2.24) is 4.90 Å². The maximum atomic E-state index is 13.9. The molecule has 1 aromatic carbocycles. The molecule has 0 radical (unpaired) electrons. The van der Waals surface area contributed by atoms with Crippen molar-refractivity contribution < 1.29 is 13.8 Å². The predicted molar refractivity (Wildman–Crippen MR) is 72.1 cm³/mol. The summed E-state index contributed by atoms with van der Waals surface area (Å²) in [6, 6.07) is 4.51. The van der Waals surface area contributed by atoms with Gasteiger partial charge in [0.25, 0.3) is 0 Å². The molecule has 0 bridgehead atoms. The minimum absolute atomic E-state index is 0.112. The molecular formula is C12H16FN3O2S. The van der Waals surface area contributed by atoms with Gasteiger partial charge in [0.05, 0.1) is 0 Å². The molecule has 0 amide bonds. The van der Waals surface area contributed by atoms with Crippen molar-refractivity contribution in [2.24, 2.45) is 10.9 Å². The number of nitrogens with two attached hydrogens (primary N) is 1. The number of hydrogen-bond donors (Lipinski definition) is 2. The molecule has 1 aliphatic rings. The molecule has 1 aliphatic heterocycles. The Morgan fingerprint density at radius 1 is 1.47 bits per heavy atom. The van der Waals surface area contributed by atoms with Crippen LogP contribution >= 0.6 is 0 Å². The monoisotopic (exact) mass is 285 g/mol. The number of benzene rings is 1. The van der Waals surface area contributed by atoms with Gasteiger partial charge in [0.1, 0.15) is 5.82 Å². The summed E-state index contributed by atoms with van der Waals surface area (Å²) in [5, 5.41) is 11.4. The first-order valence-electron chi connectivity index (χ1n) is 5.94. The number of rotatable bonds is 3. The zero-order chi connectivity index (χ0) is 13.8. The third-order valence-corrected chi connectivity index (χ3v) is 4.40. The van der Waals surface area contributed by atoms with Crippen molar-refractivity contribution in [3.63, 3.8) is 0 Å². The van der Waals surface area contributed by atoms with Gasteiger partial charge in [-0.1, -0.05) is 17.3 Å². The average Bonchev–Trinajstić information content (AvgIpc) is 2.42. The summed E-state index contributed by atoms with van der Waals surface area (Å²) in [7, 11) is -0.731. The summed E-state index contributed by atoms with van der Waals surface area (Å²) in [6.45, 7) is 1.92. The Kier molecular flexibility index (Phi) is 4.49. The standard InChI is InChI=1S/C12H16FN3O2S/c13-11-7-9(12(14)15-17)1-2-10(11)8-16-3-5-19(18)6-4-16/h1-2,7,17H,3-6,8H2,(H2,14,15). The van der Waals surface area contributed by atoms with Crippen LogP contribution in [0.2, 0.25) is 0 Å². The van der Waals surface area contributed by atoms with Gasteiger partial charge < -0.3 is 10.9 Å². The Morgan fingerprint density at radius 2 is 2.16 bits per heavy atom. The molecule has 1 fully saturated rings. The summed E-state index contributed by atoms with van der Waals surface area (Å²) in [4.78, 5) is 2.07. The van der Waals surface area contributed by atoms with Gasteiger partial charge in [-0.2, -0.15) is 0 Å². The van der Waals surface area contributed by atoms with Gasteiger partial charge in [0.2, 0.25) is 0 Å². The van der Waals surface area contributed by atoms with Gasteiger partial charge in [0, 0.05) is 53.1 Å². The Balaban J connectivity index is 2.07. The molecule has 3 N–H and O–H groups in total. The molecule has 1 heterocycles. The van der Waals surface area contributed by atoms with Crippen molar-refractivity contribution in [3.8, 4) is 0 Å². The van der Waals surface area contributed by atoms with E-state index in [2.05, 4.69) is 10.1 Å². The van der Waals surface area contributed by atoms with Crippen molar-refractivity contribution in [1.29, 1.82) is 0 Å². The molecule has 104 valence electrons. The lowest BCUT2D eigenvalue weighted by molar-refractivity contribution is 0.287. The lowest BCUT2D eigenvalue weighted by Gasteiger charge is -2.26. The van der Waals surface area contributed by atoms with E-state index in [1.807, 2.05) is 0 Å². The lowest BCUT2D eigenvalue weighted by Crippen LogP contribution is -2.37. The highest BCUT2D eigenvalue weighted by Gasteiger charge is 2.17. The van der Waals surface area contributed by atoms with Gasteiger partial charge in [-0.15, -0.1) is 0 Å². The molecule has 0 unspecified atom stereocenters. The van der Waals surface area contributed by atoms with Gasteiger partial charge in [-0.05, 0) is 6.07 Å². The zero-order valence-electron chi connectivity index (χ0n) is 10.4. The average molecular weight is 285 g/mol. The van der Waals surface area contributed by atoms with E-state index in [9.17, 15) is 8.60 Å². The molecule has 0 aromatic heterocycles. The van der Waals surface area contributed by atoms with Gasteiger partial charge in [-0.3, -0.25) is 9.11 Å². The molecule has 5 nitrogen and oxygen atoms in total. The van der Waals surface area contributed by atoms with Crippen LogP contribution in [0.4, 0.5) is 4.39 Å². The predicted octanol–water partition coefficient (Wildman–Crippen LogP) is 0.484. The SMILES string of the molecule is NC(=NO)c1ccc(CN2CCS(=O)CC2)c(F)c1. The smallest absolute Gasteiger partial charge is 0.170 e. The third kappa shape index (κ3) is 3.51. The number of amidine groups is 1. The van der Waals surface area contributed by atoms with Crippen LogP contribution in [0, 0.1) is 5.82 Å². The molecule has 1 saturated heterocycles. The van der Waals surface area contributed by atoms with Crippen molar-refractivity contribution in [2.75, 3.05) is 24.6 Å². The highest BCUT2D eigenvalue weighted by Crippen LogP contribution is 2.14. The molecule has 7 heteroatoms. The van der Waals surface area contributed by atoms with Gasteiger partial charge in [0.15, 0.2) is 5.84 Å². The van der Waals surface area contributed by atoms with E-state index in [0.717, 1.165) is 0 Å². The van der Waals surface area contributed by atoms with E-state index in [-0.39, 0.29) is 11.7 Å². The first kappa shape index (κ1) is 14.0. The molecular weight excluding hydrogens is 269 g/mol. The topological polar surface area (TPSA) is 78.9 Å². The second kappa shape index (κ2) is 6.12. The van der Waals surface area contributed by atoms with Crippen LogP contribution < -0.4 is 5.73 Å². The van der Waals surface area contributed by atoms with Crippen molar-refractivity contribution in [2.45, 2.75) is 6.54 Å². The Hall–Kier alpha value is -1.47. The summed E-state index contributed by atoms with van der Waals surface area (Å²) >= 11 is 0. The maximum absolute atomic E-state index is 13.9. The minimum atomic E-state index is -0.731. The first-order valence-corrected chi connectivity index (χ1v) is 7.42. The number of halogens is 1. The van der Waals surface area contributed by atoms with E-state index >= 15 is 0 Å². The second-order valence-corrected chi connectivity index (χ2v) is 6.11. The van der Waals surface area contributed by atoms with Crippen LogP contribution in [0.25, 0.3) is 0 Å². The third-order valence-electron chi connectivity index (χ3n) is 3.12. The normalized spacial score (nSPS) is 18.7. The minimum Gasteiger partial charge on any atom is -0.409 e. The highest BCUT2D eigenvalue weighted by atomic mass is 32.2. The number of nitrogens with zero attached hydrogens (tertiary/aromatic N) is 2. The molecule has 0 saturated carbocycles. The first-order chi connectivity index (χ1) is 9.10. The second-order valence-electron chi connectivity index (χ2n) is 4.42. The summed E-state index contributed by atoms with van der Waals surface area (Å²) in [5.41, 5.74) is 6.31. The Labute approximate surface area is 113 Å². The molecule has 2 rings (SSSR count). The maximum Gasteiger partial charge on any atom is 0.170 e. The zero-order valence-corrected chi connectivity index (χ0v) is 11.2. The van der Waals surface area contributed by atoms with Crippen molar-refractivity contribution >= 4 is 16.6 Å². The number of hydrogen-bond acceptors (Lipinski definition) is 4. The van der Waals surface area contributed by atoms with Crippen LogP contribution in [0.5, 0.6) is 0 Å². The van der Waals surface area contributed by atoms with E-state index in [4.69, 9.17) is 10.9 Å². The highest BCUT2D eigenvalue weighted by molar-refractivity contribution is 7.85.